The average Bonchev–Trinajstić information content (AvgIpc) is 3.39. The molecular formula is C41H44N6O2. The SMILES string of the molecule is Nc1ccc(N2CCC(CN3CCC(c4ccc5c(c4)Nc4c(C=O)c(-c6ccc(Oc7ccccc7)cc6)nn4CC5)CC3)CC2)cc1. The number of rotatable bonds is 8. The maximum atomic E-state index is 12.5. The zero-order valence-electron chi connectivity index (χ0n) is 27.9. The Morgan fingerprint density at radius 3 is 2.29 bits per heavy atom. The zero-order valence-corrected chi connectivity index (χ0v) is 27.9. The molecule has 0 radical (unpaired) electrons. The number of hydrogen-bond donors (Lipinski definition) is 2. The first-order chi connectivity index (χ1) is 24.1. The molecule has 3 aliphatic rings. The number of aryl methyl sites for hydroxylation is 2. The quantitative estimate of drug-likeness (QED) is 0.129. The summed E-state index contributed by atoms with van der Waals surface area (Å²) in [5.41, 5.74) is 13.9. The van der Waals surface area contributed by atoms with E-state index in [-0.39, 0.29) is 0 Å². The smallest absolute Gasteiger partial charge is 0.156 e. The molecule has 4 aromatic carbocycles. The summed E-state index contributed by atoms with van der Waals surface area (Å²) in [6.07, 6.45) is 6.63. The van der Waals surface area contributed by atoms with Gasteiger partial charge in [-0.1, -0.05) is 30.3 Å². The van der Waals surface area contributed by atoms with Crippen LogP contribution in [-0.4, -0.2) is 53.7 Å². The number of carbonyl (C=O) groups excluding carboxylic acids is 1. The first-order valence-electron chi connectivity index (χ1n) is 17.7. The van der Waals surface area contributed by atoms with Gasteiger partial charge in [-0.05, 0) is 135 Å². The number of nitrogen functional groups attached to an aromatic ring is 1. The summed E-state index contributed by atoms with van der Waals surface area (Å²) in [5, 5.41) is 8.55. The van der Waals surface area contributed by atoms with Crippen LogP contribution in [0.2, 0.25) is 0 Å². The first-order valence-corrected chi connectivity index (χ1v) is 17.7. The van der Waals surface area contributed by atoms with Crippen LogP contribution in [0.15, 0.2) is 97.1 Å². The fraction of sp³-hybridized carbons (Fsp3) is 0.317. The van der Waals surface area contributed by atoms with Gasteiger partial charge in [0.2, 0.25) is 0 Å². The highest BCUT2D eigenvalue weighted by molar-refractivity contribution is 5.93. The third kappa shape index (κ3) is 6.78. The molecule has 8 nitrogen and oxygen atoms in total. The molecule has 4 heterocycles. The number of para-hydroxylation sites is 1. The molecule has 0 bridgehead atoms. The second-order valence-electron chi connectivity index (χ2n) is 13.8. The molecule has 250 valence electrons. The Kier molecular flexibility index (Phi) is 8.79. The predicted molar refractivity (Wildman–Crippen MR) is 197 cm³/mol. The Labute approximate surface area is 288 Å². The number of nitrogens with one attached hydrogen (secondary N) is 1. The van der Waals surface area contributed by atoms with Crippen LogP contribution in [0.4, 0.5) is 22.9 Å². The zero-order chi connectivity index (χ0) is 33.2. The van der Waals surface area contributed by atoms with Gasteiger partial charge >= 0.3 is 0 Å². The lowest BCUT2D eigenvalue weighted by molar-refractivity contribution is 0.112. The van der Waals surface area contributed by atoms with Crippen molar-refractivity contribution in [3.8, 4) is 22.8 Å². The molecule has 5 aromatic rings. The number of ether oxygens (including phenoxy) is 1. The Balaban J connectivity index is 0.898. The van der Waals surface area contributed by atoms with Crippen LogP contribution in [0.25, 0.3) is 11.3 Å². The number of hydrogen-bond acceptors (Lipinski definition) is 7. The van der Waals surface area contributed by atoms with E-state index in [2.05, 4.69) is 45.4 Å². The number of fused-ring (bicyclic) bond motifs is 2. The molecule has 3 N–H and O–H groups in total. The van der Waals surface area contributed by atoms with Gasteiger partial charge in [-0.25, -0.2) is 4.68 Å². The van der Waals surface area contributed by atoms with Crippen LogP contribution >= 0.6 is 0 Å². The highest BCUT2D eigenvalue weighted by Crippen LogP contribution is 2.37. The van der Waals surface area contributed by atoms with Crippen molar-refractivity contribution in [3.63, 3.8) is 0 Å². The van der Waals surface area contributed by atoms with E-state index in [4.69, 9.17) is 15.6 Å². The number of nitrogens with two attached hydrogens (primary N) is 1. The van der Waals surface area contributed by atoms with Gasteiger partial charge in [0.15, 0.2) is 6.29 Å². The van der Waals surface area contributed by atoms with E-state index in [0.29, 0.717) is 23.7 Å². The van der Waals surface area contributed by atoms with Gasteiger partial charge < -0.3 is 25.6 Å². The topological polar surface area (TPSA) is 88.7 Å². The summed E-state index contributed by atoms with van der Waals surface area (Å²) in [7, 11) is 0. The van der Waals surface area contributed by atoms with Gasteiger partial charge in [-0.15, -0.1) is 0 Å². The molecule has 0 atom stereocenters. The molecule has 2 fully saturated rings. The van der Waals surface area contributed by atoms with E-state index < -0.39 is 0 Å². The minimum atomic E-state index is 0.543. The molecule has 49 heavy (non-hydrogen) atoms. The third-order valence-electron chi connectivity index (χ3n) is 10.6. The van der Waals surface area contributed by atoms with Crippen LogP contribution in [-0.2, 0) is 13.0 Å². The van der Waals surface area contributed by atoms with E-state index >= 15 is 0 Å². The summed E-state index contributed by atoms with van der Waals surface area (Å²) >= 11 is 0. The Morgan fingerprint density at radius 2 is 1.55 bits per heavy atom. The van der Waals surface area contributed by atoms with Crippen molar-refractivity contribution in [1.29, 1.82) is 0 Å². The first kappa shape index (κ1) is 31.2. The minimum Gasteiger partial charge on any atom is -0.457 e. The second-order valence-corrected chi connectivity index (χ2v) is 13.8. The van der Waals surface area contributed by atoms with Crippen LogP contribution < -0.4 is 20.7 Å². The summed E-state index contributed by atoms with van der Waals surface area (Å²) in [6.45, 7) is 6.45. The molecule has 0 spiro atoms. The second kappa shape index (κ2) is 13.8. The molecule has 8 rings (SSSR count). The van der Waals surface area contributed by atoms with Crippen molar-refractivity contribution >= 4 is 29.2 Å². The van der Waals surface area contributed by atoms with Crippen LogP contribution in [0, 0.1) is 5.92 Å². The Morgan fingerprint density at radius 1 is 0.816 bits per heavy atom. The lowest BCUT2D eigenvalue weighted by Crippen LogP contribution is -2.41. The molecule has 2 saturated heterocycles. The number of piperidine rings is 2. The maximum absolute atomic E-state index is 12.5. The number of nitrogens with zero attached hydrogens (tertiary/aromatic N) is 4. The molecule has 1 aromatic heterocycles. The van der Waals surface area contributed by atoms with Gasteiger partial charge in [0, 0.05) is 48.8 Å². The highest BCUT2D eigenvalue weighted by atomic mass is 16.5. The molecule has 0 saturated carbocycles. The fourth-order valence-electron chi connectivity index (χ4n) is 7.81. The summed E-state index contributed by atoms with van der Waals surface area (Å²) in [5.74, 6) is 3.60. The number of anilines is 4. The van der Waals surface area contributed by atoms with Crippen molar-refractivity contribution in [2.45, 2.75) is 44.6 Å². The van der Waals surface area contributed by atoms with E-state index in [1.165, 1.54) is 49.0 Å². The minimum absolute atomic E-state index is 0.543. The van der Waals surface area contributed by atoms with Gasteiger partial charge in [-0.3, -0.25) is 4.79 Å². The highest BCUT2D eigenvalue weighted by Gasteiger charge is 2.27. The third-order valence-corrected chi connectivity index (χ3v) is 10.6. The van der Waals surface area contributed by atoms with E-state index in [9.17, 15) is 4.79 Å². The summed E-state index contributed by atoms with van der Waals surface area (Å²) < 4.78 is 7.92. The van der Waals surface area contributed by atoms with E-state index in [1.807, 2.05) is 71.4 Å². The molecule has 0 unspecified atom stereocenters. The fourth-order valence-corrected chi connectivity index (χ4v) is 7.81. The molecule has 0 aliphatic carbocycles. The number of likely N-dealkylation sites (tertiary alicyclic amines) is 1. The molecule has 8 heteroatoms. The summed E-state index contributed by atoms with van der Waals surface area (Å²) in [6, 6.07) is 32.7. The Bertz CT molecular complexity index is 1890. The van der Waals surface area contributed by atoms with Gasteiger partial charge in [0.25, 0.3) is 0 Å². The van der Waals surface area contributed by atoms with E-state index in [1.54, 1.807) is 0 Å². The molecular weight excluding hydrogens is 608 g/mol. The lowest BCUT2D eigenvalue weighted by atomic mass is 9.87. The monoisotopic (exact) mass is 652 g/mol. The van der Waals surface area contributed by atoms with Crippen molar-refractivity contribution in [2.75, 3.05) is 48.7 Å². The molecule has 0 amide bonds. The normalized spacial score (nSPS) is 17.1. The van der Waals surface area contributed by atoms with Crippen molar-refractivity contribution < 1.29 is 9.53 Å². The van der Waals surface area contributed by atoms with Crippen LogP contribution in [0.5, 0.6) is 11.5 Å². The van der Waals surface area contributed by atoms with Gasteiger partial charge in [0.1, 0.15) is 23.0 Å². The predicted octanol–water partition coefficient (Wildman–Crippen LogP) is 8.13. The van der Waals surface area contributed by atoms with Crippen molar-refractivity contribution in [3.05, 3.63) is 114 Å². The van der Waals surface area contributed by atoms with Gasteiger partial charge in [-0.2, -0.15) is 5.10 Å². The average molecular weight is 653 g/mol. The Hall–Kier alpha value is -5.08. The standard InChI is InChI=1S/C41H44N6O2/c42-34-10-12-35(13-11-34)46-23-16-29(17-24-46)27-45-21-18-30(19-22-45)33-7-6-31-20-25-47-41(43-39(31)26-33)38(28-48)40(44-47)32-8-14-37(15-9-32)49-36-4-2-1-3-5-36/h1-15,26,28-30,43H,16-25,27,42H2. The maximum Gasteiger partial charge on any atom is 0.156 e. The number of aldehydes is 1. The largest absolute Gasteiger partial charge is 0.457 e. The number of aromatic nitrogens is 2. The van der Waals surface area contributed by atoms with Crippen LogP contribution in [0.1, 0.15) is 53.1 Å². The molecule has 3 aliphatic heterocycles. The van der Waals surface area contributed by atoms with Gasteiger partial charge in [0.05, 0.1) is 5.56 Å². The number of carbonyl (C=O) groups is 1. The van der Waals surface area contributed by atoms with Crippen molar-refractivity contribution in [2.24, 2.45) is 5.92 Å². The summed E-state index contributed by atoms with van der Waals surface area (Å²) in [4.78, 5) is 17.7. The lowest BCUT2D eigenvalue weighted by Gasteiger charge is -2.38. The van der Waals surface area contributed by atoms with Crippen molar-refractivity contribution in [1.82, 2.24) is 14.7 Å². The van der Waals surface area contributed by atoms with Crippen LogP contribution in [0.3, 0.4) is 0 Å². The van der Waals surface area contributed by atoms with E-state index in [0.717, 1.165) is 79.1 Å². The number of benzene rings is 4.